The first-order chi connectivity index (χ1) is 19.9. The van der Waals surface area contributed by atoms with E-state index in [0.717, 1.165) is 11.1 Å². The lowest BCUT2D eigenvalue weighted by Gasteiger charge is -2.27. The van der Waals surface area contributed by atoms with E-state index in [4.69, 9.17) is 14.2 Å². The molecule has 0 fully saturated rings. The second kappa shape index (κ2) is 15.1. The molecule has 42 heavy (non-hydrogen) atoms. The van der Waals surface area contributed by atoms with Gasteiger partial charge in [0.1, 0.15) is 35.8 Å². The Kier molecular flexibility index (Phi) is 11.5. The van der Waals surface area contributed by atoms with E-state index in [2.05, 4.69) is 10.6 Å². The van der Waals surface area contributed by atoms with Gasteiger partial charge in [-0.2, -0.15) is 0 Å². The highest BCUT2D eigenvalue weighted by molar-refractivity contribution is 5.98. The Hall–Kier alpha value is -4.33. The van der Waals surface area contributed by atoms with Crippen LogP contribution >= 0.6 is 0 Å². The van der Waals surface area contributed by atoms with Gasteiger partial charge >= 0.3 is 5.97 Å². The Balaban J connectivity index is 1.74. The molecule has 0 aliphatic carbocycles. The summed E-state index contributed by atoms with van der Waals surface area (Å²) in [6, 6.07) is 22.1. The fourth-order valence-corrected chi connectivity index (χ4v) is 4.25. The summed E-state index contributed by atoms with van der Waals surface area (Å²) in [5, 5.41) is 5.68. The second-order valence-electron chi connectivity index (χ2n) is 11.6. The number of nitrogens with one attached hydrogen (secondary N) is 2. The number of methoxy groups -OCH3 is 1. The van der Waals surface area contributed by atoms with Gasteiger partial charge in [-0.1, -0.05) is 62.4 Å². The number of amides is 2. The minimum Gasteiger partial charge on any atom is -0.497 e. The van der Waals surface area contributed by atoms with Crippen molar-refractivity contribution in [1.29, 1.82) is 0 Å². The SMILES string of the molecule is COc1cccc(C(=O)N[C@@H](CC(C)C)C(=O)N[C@@H](Cc2ccc(OCc3ccccc3)cc2)C(=O)OC(C)(C)C)c1. The Morgan fingerprint density at radius 1 is 0.786 bits per heavy atom. The van der Waals surface area contributed by atoms with Crippen LogP contribution < -0.4 is 20.1 Å². The number of esters is 1. The number of benzene rings is 3. The Morgan fingerprint density at radius 3 is 2.10 bits per heavy atom. The van der Waals surface area contributed by atoms with Crippen molar-refractivity contribution < 1.29 is 28.6 Å². The lowest BCUT2D eigenvalue weighted by molar-refractivity contribution is -0.158. The molecule has 2 N–H and O–H groups in total. The van der Waals surface area contributed by atoms with Crippen molar-refractivity contribution in [1.82, 2.24) is 10.6 Å². The molecule has 3 aromatic carbocycles. The smallest absolute Gasteiger partial charge is 0.329 e. The van der Waals surface area contributed by atoms with Crippen LogP contribution in [0.3, 0.4) is 0 Å². The minimum absolute atomic E-state index is 0.106. The van der Waals surface area contributed by atoms with E-state index in [9.17, 15) is 14.4 Å². The molecule has 0 bridgehead atoms. The Labute approximate surface area is 248 Å². The van der Waals surface area contributed by atoms with Crippen LogP contribution in [0.4, 0.5) is 0 Å². The lowest BCUT2D eigenvalue weighted by atomic mass is 10.0. The molecule has 0 spiro atoms. The summed E-state index contributed by atoms with van der Waals surface area (Å²) < 4.78 is 16.7. The molecule has 0 unspecified atom stereocenters. The second-order valence-corrected chi connectivity index (χ2v) is 11.6. The third-order valence-corrected chi connectivity index (χ3v) is 6.28. The van der Waals surface area contributed by atoms with Gasteiger partial charge in [0.25, 0.3) is 5.91 Å². The molecule has 0 saturated carbocycles. The number of carbonyl (C=O) groups excluding carboxylic acids is 3. The van der Waals surface area contributed by atoms with E-state index in [1.165, 1.54) is 7.11 Å². The zero-order valence-electron chi connectivity index (χ0n) is 25.3. The van der Waals surface area contributed by atoms with Crippen molar-refractivity contribution in [3.05, 3.63) is 95.6 Å². The molecule has 3 aromatic rings. The number of hydrogen-bond acceptors (Lipinski definition) is 6. The van der Waals surface area contributed by atoms with Crippen molar-refractivity contribution >= 4 is 17.8 Å². The van der Waals surface area contributed by atoms with Gasteiger partial charge in [0.05, 0.1) is 7.11 Å². The predicted octanol–water partition coefficient (Wildman–Crippen LogP) is 5.49. The van der Waals surface area contributed by atoms with Gasteiger partial charge in [0.15, 0.2) is 0 Å². The molecule has 8 nitrogen and oxygen atoms in total. The van der Waals surface area contributed by atoms with E-state index in [1.807, 2.05) is 68.4 Å². The summed E-state index contributed by atoms with van der Waals surface area (Å²) >= 11 is 0. The van der Waals surface area contributed by atoms with E-state index >= 15 is 0 Å². The third kappa shape index (κ3) is 10.6. The Bertz CT molecular complexity index is 1320. The van der Waals surface area contributed by atoms with Gasteiger partial charge in [0.2, 0.25) is 5.91 Å². The molecule has 0 aliphatic rings. The van der Waals surface area contributed by atoms with E-state index < -0.39 is 35.5 Å². The van der Waals surface area contributed by atoms with Gasteiger partial charge in [-0.3, -0.25) is 9.59 Å². The molecule has 2 atom stereocenters. The molecule has 224 valence electrons. The maximum absolute atomic E-state index is 13.5. The van der Waals surface area contributed by atoms with E-state index in [-0.39, 0.29) is 12.3 Å². The zero-order valence-corrected chi connectivity index (χ0v) is 25.3. The average Bonchev–Trinajstić information content (AvgIpc) is 2.95. The first kappa shape index (κ1) is 32.2. The van der Waals surface area contributed by atoms with Gasteiger partial charge < -0.3 is 24.8 Å². The van der Waals surface area contributed by atoms with Crippen LogP contribution in [0.15, 0.2) is 78.9 Å². The standard InChI is InChI=1S/C34H42N2O6/c1-23(2)19-29(35-31(37)26-13-10-14-28(21-26)40-6)32(38)36-30(33(39)42-34(3,4)5)20-24-15-17-27(18-16-24)41-22-25-11-8-7-9-12-25/h7-18,21,23,29-30H,19-20,22H2,1-6H3,(H,35,37)(H,36,38)/t29-,30-/m0/s1. The fourth-order valence-electron chi connectivity index (χ4n) is 4.25. The summed E-state index contributed by atoms with van der Waals surface area (Å²) in [5.41, 5.74) is 1.50. The highest BCUT2D eigenvalue weighted by atomic mass is 16.6. The predicted molar refractivity (Wildman–Crippen MR) is 162 cm³/mol. The zero-order chi connectivity index (χ0) is 30.7. The van der Waals surface area contributed by atoms with E-state index in [0.29, 0.717) is 30.1 Å². The summed E-state index contributed by atoms with van der Waals surface area (Å²) in [5.74, 6) is -0.0858. The maximum atomic E-state index is 13.5. The third-order valence-electron chi connectivity index (χ3n) is 6.28. The highest BCUT2D eigenvalue weighted by Crippen LogP contribution is 2.18. The lowest BCUT2D eigenvalue weighted by Crippen LogP contribution is -2.53. The van der Waals surface area contributed by atoms with Crippen molar-refractivity contribution in [3.63, 3.8) is 0 Å². The molecule has 0 radical (unpaired) electrons. The molecule has 3 rings (SSSR count). The molecule has 0 aromatic heterocycles. The van der Waals surface area contributed by atoms with Crippen LogP contribution in [0.1, 0.15) is 62.5 Å². The summed E-state index contributed by atoms with van der Waals surface area (Å²) in [6.45, 7) is 9.70. The fraction of sp³-hybridized carbons (Fsp3) is 0.382. The van der Waals surface area contributed by atoms with Crippen molar-refractivity contribution in [3.8, 4) is 11.5 Å². The average molecular weight is 575 g/mol. The minimum atomic E-state index is -0.962. The number of hydrogen-bond donors (Lipinski definition) is 2. The van der Waals surface area contributed by atoms with Gasteiger partial charge in [-0.25, -0.2) is 4.79 Å². The largest absolute Gasteiger partial charge is 0.497 e. The van der Waals surface area contributed by atoms with Crippen LogP contribution in [0, 0.1) is 5.92 Å². The molecule has 2 amide bonds. The van der Waals surface area contributed by atoms with Crippen LogP contribution in [0.5, 0.6) is 11.5 Å². The molecule has 0 saturated heterocycles. The normalized spacial score (nSPS) is 12.6. The van der Waals surface area contributed by atoms with Gasteiger partial charge in [0, 0.05) is 12.0 Å². The van der Waals surface area contributed by atoms with Gasteiger partial charge in [-0.05, 0) is 74.6 Å². The maximum Gasteiger partial charge on any atom is 0.329 e. The number of ether oxygens (including phenoxy) is 3. The van der Waals surface area contributed by atoms with Crippen LogP contribution in [-0.2, 0) is 27.4 Å². The first-order valence-corrected chi connectivity index (χ1v) is 14.2. The summed E-state index contributed by atoms with van der Waals surface area (Å²) in [7, 11) is 1.52. The molecule has 0 heterocycles. The Morgan fingerprint density at radius 2 is 1.48 bits per heavy atom. The molecular weight excluding hydrogens is 532 g/mol. The molecular formula is C34H42N2O6. The van der Waals surface area contributed by atoms with E-state index in [1.54, 1.807) is 45.0 Å². The topological polar surface area (TPSA) is 103 Å². The van der Waals surface area contributed by atoms with Crippen LogP contribution in [0.25, 0.3) is 0 Å². The number of rotatable bonds is 13. The van der Waals surface area contributed by atoms with Crippen LogP contribution in [-0.4, -0.2) is 42.6 Å². The molecule has 0 aliphatic heterocycles. The van der Waals surface area contributed by atoms with Crippen molar-refractivity contribution in [2.45, 2.75) is 71.8 Å². The number of carbonyl (C=O) groups is 3. The first-order valence-electron chi connectivity index (χ1n) is 14.2. The van der Waals surface area contributed by atoms with Gasteiger partial charge in [-0.15, -0.1) is 0 Å². The summed E-state index contributed by atoms with van der Waals surface area (Å²) in [4.78, 5) is 39.8. The van der Waals surface area contributed by atoms with Crippen molar-refractivity contribution in [2.75, 3.05) is 7.11 Å². The summed E-state index contributed by atoms with van der Waals surface area (Å²) in [6.07, 6.45) is 0.591. The quantitative estimate of drug-likeness (QED) is 0.262. The highest BCUT2D eigenvalue weighted by Gasteiger charge is 2.31. The molecule has 8 heteroatoms. The monoisotopic (exact) mass is 574 g/mol. The van der Waals surface area contributed by atoms with Crippen LogP contribution in [0.2, 0.25) is 0 Å². The van der Waals surface area contributed by atoms with Crippen molar-refractivity contribution in [2.24, 2.45) is 5.92 Å².